The van der Waals surface area contributed by atoms with Crippen molar-refractivity contribution in [2.24, 2.45) is 0 Å². The highest BCUT2D eigenvalue weighted by molar-refractivity contribution is 7.20. The molecule has 0 bridgehead atoms. The lowest BCUT2D eigenvalue weighted by atomic mass is 10.2. The second-order valence-corrected chi connectivity index (χ2v) is 6.05. The highest BCUT2D eigenvalue weighted by Crippen LogP contribution is 2.31. The van der Waals surface area contributed by atoms with Gasteiger partial charge < -0.3 is 11.1 Å². The van der Waals surface area contributed by atoms with Gasteiger partial charge in [0.1, 0.15) is 4.34 Å². The van der Waals surface area contributed by atoms with Crippen LogP contribution in [0, 0.1) is 6.92 Å². The molecule has 0 aliphatic rings. The number of carbonyl (C=O) groups is 1. The maximum absolute atomic E-state index is 12.0. The summed E-state index contributed by atoms with van der Waals surface area (Å²) in [6.45, 7) is 1.90. The standard InChI is InChI=1S/C12H10Cl2N2OS/c1-6-2-3-7(4-9(6)15)16-12(17)8-5-10(13)18-11(8)14/h2-5H,15H2,1H3,(H,16,17). The number of carbonyl (C=O) groups excluding carboxylic acids is 1. The molecule has 2 aromatic rings. The lowest BCUT2D eigenvalue weighted by Crippen LogP contribution is -2.11. The molecule has 3 nitrogen and oxygen atoms in total. The molecule has 0 radical (unpaired) electrons. The van der Waals surface area contributed by atoms with Gasteiger partial charge in [-0.25, -0.2) is 0 Å². The zero-order chi connectivity index (χ0) is 13.3. The van der Waals surface area contributed by atoms with E-state index >= 15 is 0 Å². The zero-order valence-electron chi connectivity index (χ0n) is 9.46. The minimum atomic E-state index is -0.300. The van der Waals surface area contributed by atoms with Crippen LogP contribution in [0.4, 0.5) is 11.4 Å². The number of nitrogen functional groups attached to an aromatic ring is 1. The molecule has 0 aliphatic carbocycles. The Balaban J connectivity index is 2.21. The van der Waals surface area contributed by atoms with Gasteiger partial charge in [-0.05, 0) is 30.7 Å². The summed E-state index contributed by atoms with van der Waals surface area (Å²) in [7, 11) is 0. The first-order valence-electron chi connectivity index (χ1n) is 5.09. The predicted octanol–water partition coefficient (Wildman–Crippen LogP) is 4.20. The summed E-state index contributed by atoms with van der Waals surface area (Å²) >= 11 is 12.9. The average Bonchev–Trinajstić information content (AvgIpc) is 2.63. The Bertz CT molecular complexity index is 610. The van der Waals surface area contributed by atoms with E-state index in [1.807, 2.05) is 13.0 Å². The van der Waals surface area contributed by atoms with Crippen molar-refractivity contribution in [1.29, 1.82) is 0 Å². The molecule has 1 aromatic carbocycles. The summed E-state index contributed by atoms with van der Waals surface area (Å²) in [5, 5.41) is 2.73. The number of nitrogens with one attached hydrogen (secondary N) is 1. The molecule has 0 spiro atoms. The van der Waals surface area contributed by atoms with Gasteiger partial charge in [0.05, 0.1) is 9.90 Å². The molecule has 2 rings (SSSR count). The summed E-state index contributed by atoms with van der Waals surface area (Å²) in [6, 6.07) is 6.87. The number of amides is 1. The minimum Gasteiger partial charge on any atom is -0.398 e. The van der Waals surface area contributed by atoms with Crippen LogP contribution in [0.15, 0.2) is 24.3 Å². The molecule has 0 aliphatic heterocycles. The topological polar surface area (TPSA) is 55.1 Å². The van der Waals surface area contributed by atoms with Crippen molar-refractivity contribution in [3.63, 3.8) is 0 Å². The van der Waals surface area contributed by atoms with Crippen LogP contribution >= 0.6 is 34.5 Å². The largest absolute Gasteiger partial charge is 0.398 e. The van der Waals surface area contributed by atoms with Crippen LogP contribution in [-0.4, -0.2) is 5.91 Å². The third-order valence-corrected chi connectivity index (χ3v) is 3.93. The predicted molar refractivity (Wildman–Crippen MR) is 77.9 cm³/mol. The molecule has 0 saturated heterocycles. The maximum Gasteiger partial charge on any atom is 0.258 e. The Morgan fingerprint density at radius 2 is 2.06 bits per heavy atom. The van der Waals surface area contributed by atoms with Crippen LogP contribution in [0.3, 0.4) is 0 Å². The van der Waals surface area contributed by atoms with Gasteiger partial charge in [-0.2, -0.15) is 0 Å². The van der Waals surface area contributed by atoms with E-state index in [4.69, 9.17) is 28.9 Å². The van der Waals surface area contributed by atoms with Crippen LogP contribution in [0.1, 0.15) is 15.9 Å². The summed E-state index contributed by atoms with van der Waals surface area (Å²) in [6.07, 6.45) is 0. The molecule has 0 fully saturated rings. The van der Waals surface area contributed by atoms with E-state index in [1.54, 1.807) is 18.2 Å². The fourth-order valence-electron chi connectivity index (χ4n) is 1.41. The number of anilines is 2. The van der Waals surface area contributed by atoms with Crippen LogP contribution < -0.4 is 11.1 Å². The quantitative estimate of drug-likeness (QED) is 0.817. The van der Waals surface area contributed by atoms with Crippen LogP contribution in [0.5, 0.6) is 0 Å². The average molecular weight is 301 g/mol. The Morgan fingerprint density at radius 1 is 1.33 bits per heavy atom. The molecule has 0 atom stereocenters. The summed E-state index contributed by atoms with van der Waals surface area (Å²) in [5.41, 5.74) is 8.36. The first-order chi connectivity index (χ1) is 8.47. The Labute approximate surface area is 119 Å². The van der Waals surface area contributed by atoms with E-state index in [1.165, 1.54) is 0 Å². The molecule has 0 unspecified atom stereocenters. The summed E-state index contributed by atoms with van der Waals surface area (Å²) < 4.78 is 0.853. The summed E-state index contributed by atoms with van der Waals surface area (Å²) in [5.74, 6) is -0.300. The van der Waals surface area contributed by atoms with Crippen molar-refractivity contribution in [3.05, 3.63) is 44.1 Å². The van der Waals surface area contributed by atoms with Gasteiger partial charge in [0.15, 0.2) is 0 Å². The number of hydrogen-bond donors (Lipinski definition) is 2. The van der Waals surface area contributed by atoms with E-state index in [-0.39, 0.29) is 5.91 Å². The van der Waals surface area contributed by atoms with Crippen molar-refractivity contribution in [3.8, 4) is 0 Å². The zero-order valence-corrected chi connectivity index (χ0v) is 11.8. The van der Waals surface area contributed by atoms with Gasteiger partial charge in [0.25, 0.3) is 5.91 Å². The third-order valence-electron chi connectivity index (χ3n) is 2.44. The van der Waals surface area contributed by atoms with Crippen molar-refractivity contribution < 1.29 is 4.79 Å². The van der Waals surface area contributed by atoms with E-state index < -0.39 is 0 Å². The molecule has 1 amide bonds. The maximum atomic E-state index is 12.0. The first kappa shape index (κ1) is 13.2. The van der Waals surface area contributed by atoms with Gasteiger partial charge in [-0.3, -0.25) is 4.79 Å². The number of nitrogens with two attached hydrogens (primary N) is 1. The van der Waals surface area contributed by atoms with Gasteiger partial charge in [0, 0.05) is 11.4 Å². The second kappa shape index (κ2) is 5.18. The lowest BCUT2D eigenvalue weighted by molar-refractivity contribution is 0.102. The first-order valence-corrected chi connectivity index (χ1v) is 6.67. The lowest BCUT2D eigenvalue weighted by Gasteiger charge is -2.06. The van der Waals surface area contributed by atoms with E-state index in [0.29, 0.717) is 25.6 Å². The smallest absolute Gasteiger partial charge is 0.258 e. The number of rotatable bonds is 2. The number of aryl methyl sites for hydroxylation is 1. The fourth-order valence-corrected chi connectivity index (χ4v) is 2.87. The fraction of sp³-hybridized carbons (Fsp3) is 0.0833. The van der Waals surface area contributed by atoms with Crippen molar-refractivity contribution in [2.75, 3.05) is 11.1 Å². The molecule has 94 valence electrons. The SMILES string of the molecule is Cc1ccc(NC(=O)c2cc(Cl)sc2Cl)cc1N. The number of hydrogen-bond acceptors (Lipinski definition) is 3. The van der Waals surface area contributed by atoms with Crippen molar-refractivity contribution in [2.45, 2.75) is 6.92 Å². The van der Waals surface area contributed by atoms with Crippen LogP contribution in [0.2, 0.25) is 8.67 Å². The van der Waals surface area contributed by atoms with E-state index in [0.717, 1.165) is 16.9 Å². The molecule has 0 saturated carbocycles. The molecule has 1 aromatic heterocycles. The molecular formula is C12H10Cl2N2OS. The summed E-state index contributed by atoms with van der Waals surface area (Å²) in [4.78, 5) is 12.0. The molecule has 6 heteroatoms. The number of halogens is 2. The van der Waals surface area contributed by atoms with Gasteiger partial charge in [0.2, 0.25) is 0 Å². The highest BCUT2D eigenvalue weighted by atomic mass is 35.5. The van der Waals surface area contributed by atoms with Crippen LogP contribution in [-0.2, 0) is 0 Å². The molecule has 3 N–H and O–H groups in total. The minimum absolute atomic E-state index is 0.300. The van der Waals surface area contributed by atoms with Crippen molar-refractivity contribution in [1.82, 2.24) is 0 Å². The van der Waals surface area contributed by atoms with E-state index in [9.17, 15) is 4.79 Å². The number of benzene rings is 1. The van der Waals surface area contributed by atoms with E-state index in [2.05, 4.69) is 5.32 Å². The third kappa shape index (κ3) is 2.77. The van der Waals surface area contributed by atoms with Crippen molar-refractivity contribution >= 4 is 51.8 Å². The second-order valence-electron chi connectivity index (χ2n) is 3.76. The van der Waals surface area contributed by atoms with Gasteiger partial charge in [-0.15, -0.1) is 11.3 Å². The Morgan fingerprint density at radius 3 is 2.61 bits per heavy atom. The normalized spacial score (nSPS) is 10.4. The number of thiophene rings is 1. The van der Waals surface area contributed by atoms with Gasteiger partial charge >= 0.3 is 0 Å². The monoisotopic (exact) mass is 300 g/mol. The molecule has 18 heavy (non-hydrogen) atoms. The molecule has 1 heterocycles. The van der Waals surface area contributed by atoms with Gasteiger partial charge in [-0.1, -0.05) is 29.3 Å². The molecular weight excluding hydrogens is 291 g/mol. The Hall–Kier alpha value is -1.23. The Kier molecular flexibility index (Phi) is 3.80. The van der Waals surface area contributed by atoms with Crippen LogP contribution in [0.25, 0.3) is 0 Å². The highest BCUT2D eigenvalue weighted by Gasteiger charge is 2.14.